The van der Waals surface area contributed by atoms with Crippen molar-refractivity contribution in [2.75, 3.05) is 31.6 Å². The summed E-state index contributed by atoms with van der Waals surface area (Å²) in [7, 11) is 0. The van der Waals surface area contributed by atoms with Gasteiger partial charge in [-0.25, -0.2) is 9.97 Å². The van der Waals surface area contributed by atoms with Crippen LogP contribution >= 0.6 is 0 Å². The van der Waals surface area contributed by atoms with Crippen LogP contribution in [-0.2, 0) is 11.3 Å². The molecule has 1 saturated heterocycles. The molecule has 0 bridgehead atoms. The lowest BCUT2D eigenvalue weighted by atomic mass is 10.2. The van der Waals surface area contributed by atoms with Gasteiger partial charge >= 0.3 is 0 Å². The zero-order valence-corrected chi connectivity index (χ0v) is 14.2. The van der Waals surface area contributed by atoms with Crippen LogP contribution < -0.4 is 10.2 Å². The van der Waals surface area contributed by atoms with Crippen LogP contribution in [0.25, 0.3) is 10.9 Å². The molecule has 0 aliphatic carbocycles. The Labute approximate surface area is 147 Å². The summed E-state index contributed by atoms with van der Waals surface area (Å²) in [6.07, 6.45) is 1.81. The molecular weight excluding hydrogens is 312 g/mol. The molecule has 0 radical (unpaired) electrons. The van der Waals surface area contributed by atoms with E-state index in [0.29, 0.717) is 0 Å². The first-order chi connectivity index (χ1) is 12.4. The SMILES string of the molecule is c1ccc(C[NH+]2CCO[C@@H](CNc3ncnc4ccccc34)C2)cc1. The molecule has 5 heteroatoms. The first-order valence-electron chi connectivity index (χ1n) is 8.81. The van der Waals surface area contributed by atoms with Gasteiger partial charge in [0.15, 0.2) is 0 Å². The van der Waals surface area contributed by atoms with Crippen LogP contribution in [0.4, 0.5) is 5.82 Å². The third-order valence-corrected chi connectivity index (χ3v) is 4.66. The average molecular weight is 335 g/mol. The zero-order chi connectivity index (χ0) is 16.9. The molecule has 2 heterocycles. The molecule has 2 N–H and O–H groups in total. The summed E-state index contributed by atoms with van der Waals surface area (Å²) in [6.45, 7) is 4.68. The Morgan fingerprint density at radius 2 is 1.88 bits per heavy atom. The molecule has 5 nitrogen and oxygen atoms in total. The molecule has 0 saturated carbocycles. The average Bonchev–Trinajstić information content (AvgIpc) is 2.67. The van der Waals surface area contributed by atoms with Crippen LogP contribution in [-0.4, -0.2) is 42.3 Å². The van der Waals surface area contributed by atoms with Gasteiger partial charge in [0.05, 0.1) is 12.1 Å². The monoisotopic (exact) mass is 335 g/mol. The summed E-state index contributed by atoms with van der Waals surface area (Å²) < 4.78 is 5.95. The summed E-state index contributed by atoms with van der Waals surface area (Å²) in [6, 6.07) is 18.7. The highest BCUT2D eigenvalue weighted by Crippen LogP contribution is 2.18. The number of rotatable bonds is 5. The fourth-order valence-corrected chi connectivity index (χ4v) is 3.39. The van der Waals surface area contributed by atoms with Crippen LogP contribution in [0.15, 0.2) is 60.9 Å². The number of hydrogen-bond donors (Lipinski definition) is 2. The summed E-state index contributed by atoms with van der Waals surface area (Å²) in [5, 5.41) is 4.50. The maximum atomic E-state index is 5.95. The molecule has 0 amide bonds. The van der Waals surface area contributed by atoms with Crippen molar-refractivity contribution < 1.29 is 9.64 Å². The molecule has 0 spiro atoms. The van der Waals surface area contributed by atoms with E-state index in [2.05, 4.69) is 45.6 Å². The van der Waals surface area contributed by atoms with Crippen molar-refractivity contribution in [3.8, 4) is 0 Å². The van der Waals surface area contributed by atoms with E-state index in [1.54, 1.807) is 11.2 Å². The van der Waals surface area contributed by atoms with Gasteiger partial charge in [-0.3, -0.25) is 0 Å². The first-order valence-corrected chi connectivity index (χ1v) is 8.81. The lowest BCUT2D eigenvalue weighted by Gasteiger charge is -2.30. The van der Waals surface area contributed by atoms with E-state index in [4.69, 9.17) is 4.74 Å². The number of hydrogen-bond acceptors (Lipinski definition) is 4. The standard InChI is InChI=1S/C20H22N4O/c1-2-6-16(7-3-1)13-24-10-11-25-17(14-24)12-21-20-18-8-4-5-9-19(18)22-15-23-20/h1-9,15,17H,10-14H2,(H,21,22,23)/p+1/t17-/m0/s1. The molecule has 1 aliphatic heterocycles. The van der Waals surface area contributed by atoms with Gasteiger partial charge in [-0.1, -0.05) is 42.5 Å². The number of nitrogens with one attached hydrogen (secondary N) is 2. The fraction of sp³-hybridized carbons (Fsp3) is 0.300. The number of fused-ring (bicyclic) bond motifs is 1. The minimum absolute atomic E-state index is 0.196. The normalized spacial score (nSPS) is 20.5. The Hall–Kier alpha value is -2.50. The van der Waals surface area contributed by atoms with Crippen molar-refractivity contribution in [1.82, 2.24) is 9.97 Å². The Bertz CT molecular complexity index is 819. The Balaban J connectivity index is 1.37. The smallest absolute Gasteiger partial charge is 0.137 e. The number of ether oxygens (including phenoxy) is 1. The third-order valence-electron chi connectivity index (χ3n) is 4.66. The second-order valence-corrected chi connectivity index (χ2v) is 6.48. The fourth-order valence-electron chi connectivity index (χ4n) is 3.39. The van der Waals surface area contributed by atoms with Crippen LogP contribution in [0.2, 0.25) is 0 Å². The van der Waals surface area contributed by atoms with E-state index in [0.717, 1.165) is 49.5 Å². The van der Waals surface area contributed by atoms with Gasteiger partial charge in [-0.15, -0.1) is 0 Å². The Morgan fingerprint density at radius 3 is 2.80 bits per heavy atom. The highest BCUT2D eigenvalue weighted by molar-refractivity contribution is 5.88. The van der Waals surface area contributed by atoms with E-state index in [1.807, 2.05) is 24.3 Å². The van der Waals surface area contributed by atoms with Gasteiger partial charge in [-0.05, 0) is 12.1 Å². The Morgan fingerprint density at radius 1 is 1.04 bits per heavy atom. The molecule has 25 heavy (non-hydrogen) atoms. The number of quaternary nitrogens is 1. The van der Waals surface area contributed by atoms with Gasteiger partial charge < -0.3 is 15.0 Å². The van der Waals surface area contributed by atoms with E-state index in [-0.39, 0.29) is 6.10 Å². The van der Waals surface area contributed by atoms with E-state index in [1.165, 1.54) is 5.56 Å². The van der Waals surface area contributed by atoms with Gasteiger partial charge in [0.2, 0.25) is 0 Å². The van der Waals surface area contributed by atoms with E-state index in [9.17, 15) is 0 Å². The highest BCUT2D eigenvalue weighted by atomic mass is 16.5. The summed E-state index contributed by atoms with van der Waals surface area (Å²) in [5.41, 5.74) is 2.34. The predicted molar refractivity (Wildman–Crippen MR) is 98.6 cm³/mol. The molecule has 1 aromatic heterocycles. The zero-order valence-electron chi connectivity index (χ0n) is 14.2. The number of para-hydroxylation sites is 1. The van der Waals surface area contributed by atoms with Crippen LogP contribution in [0.5, 0.6) is 0 Å². The molecule has 4 rings (SSSR count). The van der Waals surface area contributed by atoms with Crippen molar-refractivity contribution in [3.63, 3.8) is 0 Å². The summed E-state index contributed by atoms with van der Waals surface area (Å²) in [5.74, 6) is 0.879. The molecular formula is C20H23N4O+. The number of anilines is 1. The predicted octanol–water partition coefficient (Wildman–Crippen LogP) is 1.53. The van der Waals surface area contributed by atoms with E-state index >= 15 is 0 Å². The second-order valence-electron chi connectivity index (χ2n) is 6.48. The van der Waals surface area contributed by atoms with Gasteiger partial charge in [0.25, 0.3) is 0 Å². The van der Waals surface area contributed by atoms with Crippen molar-refractivity contribution >= 4 is 16.7 Å². The maximum absolute atomic E-state index is 5.95. The van der Waals surface area contributed by atoms with Crippen molar-refractivity contribution in [3.05, 3.63) is 66.5 Å². The molecule has 3 aromatic rings. The number of nitrogens with zero attached hydrogens (tertiary/aromatic N) is 2. The van der Waals surface area contributed by atoms with Gasteiger partial charge in [-0.2, -0.15) is 0 Å². The maximum Gasteiger partial charge on any atom is 0.137 e. The largest absolute Gasteiger partial charge is 0.367 e. The second kappa shape index (κ2) is 7.59. The van der Waals surface area contributed by atoms with Crippen molar-refractivity contribution in [2.24, 2.45) is 0 Å². The molecule has 1 fully saturated rings. The highest BCUT2D eigenvalue weighted by Gasteiger charge is 2.23. The summed E-state index contributed by atoms with van der Waals surface area (Å²) >= 11 is 0. The lowest BCUT2D eigenvalue weighted by Crippen LogP contribution is -3.13. The first kappa shape index (κ1) is 16.0. The van der Waals surface area contributed by atoms with Crippen molar-refractivity contribution in [1.29, 1.82) is 0 Å². The molecule has 1 aliphatic rings. The molecule has 1 unspecified atom stereocenters. The van der Waals surface area contributed by atoms with Crippen LogP contribution in [0.1, 0.15) is 5.56 Å². The minimum atomic E-state index is 0.196. The van der Waals surface area contributed by atoms with Crippen LogP contribution in [0, 0.1) is 0 Å². The van der Waals surface area contributed by atoms with Crippen LogP contribution in [0.3, 0.4) is 0 Å². The molecule has 128 valence electrons. The Kier molecular flexibility index (Phi) is 4.86. The number of aromatic nitrogens is 2. The van der Waals surface area contributed by atoms with Crippen molar-refractivity contribution in [2.45, 2.75) is 12.6 Å². The van der Waals surface area contributed by atoms with E-state index < -0.39 is 0 Å². The summed E-state index contributed by atoms with van der Waals surface area (Å²) in [4.78, 5) is 10.3. The van der Waals surface area contributed by atoms with Gasteiger partial charge in [0.1, 0.15) is 37.9 Å². The molecule has 2 aromatic carbocycles. The number of benzene rings is 2. The molecule has 2 atom stereocenters. The van der Waals surface area contributed by atoms with Gasteiger partial charge in [0, 0.05) is 17.5 Å². The minimum Gasteiger partial charge on any atom is -0.367 e. The number of morpholine rings is 1. The third kappa shape index (κ3) is 3.95. The topological polar surface area (TPSA) is 51.5 Å². The lowest BCUT2D eigenvalue weighted by molar-refractivity contribution is -0.924. The quantitative estimate of drug-likeness (QED) is 0.742.